The monoisotopic (exact) mass is 271 g/mol. The van der Waals surface area contributed by atoms with Gasteiger partial charge in [0.1, 0.15) is 0 Å². The summed E-state index contributed by atoms with van der Waals surface area (Å²) in [6.07, 6.45) is 8.00. The third kappa shape index (κ3) is 1.79. The van der Waals surface area contributed by atoms with Gasteiger partial charge in [0.25, 0.3) is 0 Å². The number of anilines is 1. The van der Waals surface area contributed by atoms with Crippen molar-refractivity contribution in [1.82, 2.24) is 19.6 Å². The Labute approximate surface area is 114 Å². The van der Waals surface area contributed by atoms with E-state index in [0.717, 1.165) is 21.3 Å². The molecule has 96 valence electrons. The minimum Gasteiger partial charge on any atom is -0.347 e. The molecule has 0 aromatic carbocycles. The molecule has 0 atom stereocenters. The van der Waals surface area contributed by atoms with Crippen LogP contribution in [0.4, 0.5) is 5.13 Å². The number of nitrogens with zero attached hydrogens (tertiary/aromatic N) is 5. The first-order chi connectivity index (χ1) is 9.33. The summed E-state index contributed by atoms with van der Waals surface area (Å²) in [7, 11) is 2.11. The summed E-state index contributed by atoms with van der Waals surface area (Å²) in [6, 6.07) is 4.63. The number of aromatic nitrogens is 4. The van der Waals surface area contributed by atoms with Crippen LogP contribution in [0.5, 0.6) is 0 Å². The highest BCUT2D eigenvalue weighted by molar-refractivity contribution is 7.20. The average molecular weight is 271 g/mol. The molecular formula is C13H13N5S. The lowest BCUT2D eigenvalue weighted by Gasteiger charge is -2.12. The first kappa shape index (κ1) is 10.9. The molecule has 3 aromatic heterocycles. The Bertz CT molecular complexity index is 713. The van der Waals surface area contributed by atoms with Gasteiger partial charge in [0.15, 0.2) is 0 Å². The van der Waals surface area contributed by atoms with Gasteiger partial charge in [0.05, 0.1) is 11.9 Å². The highest BCUT2D eigenvalue weighted by Gasteiger charge is 2.28. The average Bonchev–Trinajstić information content (AvgIpc) is 3.09. The van der Waals surface area contributed by atoms with Crippen LogP contribution in [0.15, 0.2) is 30.7 Å². The predicted octanol–water partition coefficient (Wildman–Crippen LogP) is 2.45. The number of rotatable bonds is 3. The van der Waals surface area contributed by atoms with Crippen molar-refractivity contribution in [1.29, 1.82) is 0 Å². The van der Waals surface area contributed by atoms with Crippen LogP contribution >= 0.6 is 11.3 Å². The third-order valence-electron chi connectivity index (χ3n) is 3.45. The number of imidazole rings is 1. The quantitative estimate of drug-likeness (QED) is 0.734. The molecule has 0 aliphatic heterocycles. The Hall–Kier alpha value is -1.95. The largest absolute Gasteiger partial charge is 0.347 e. The lowest BCUT2D eigenvalue weighted by molar-refractivity contribution is 0.868. The van der Waals surface area contributed by atoms with Crippen LogP contribution in [0.3, 0.4) is 0 Å². The topological polar surface area (TPSA) is 46.3 Å². The molecule has 3 heterocycles. The predicted molar refractivity (Wildman–Crippen MR) is 75.5 cm³/mol. The van der Waals surface area contributed by atoms with Crippen LogP contribution in [-0.4, -0.2) is 32.7 Å². The molecule has 0 bridgehead atoms. The fourth-order valence-corrected chi connectivity index (χ4v) is 3.07. The molecule has 3 aromatic rings. The van der Waals surface area contributed by atoms with Crippen LogP contribution in [0.1, 0.15) is 12.8 Å². The molecule has 0 saturated heterocycles. The Kier molecular flexibility index (Phi) is 2.32. The van der Waals surface area contributed by atoms with Gasteiger partial charge in [-0.3, -0.25) is 4.98 Å². The van der Waals surface area contributed by atoms with Crippen molar-refractivity contribution < 1.29 is 0 Å². The maximum absolute atomic E-state index is 4.69. The van der Waals surface area contributed by atoms with E-state index in [0.29, 0.717) is 6.04 Å². The summed E-state index contributed by atoms with van der Waals surface area (Å²) in [5, 5.41) is 5.73. The van der Waals surface area contributed by atoms with Crippen molar-refractivity contribution in [2.45, 2.75) is 18.9 Å². The van der Waals surface area contributed by atoms with Gasteiger partial charge < -0.3 is 4.90 Å². The molecule has 1 aliphatic rings. The van der Waals surface area contributed by atoms with Crippen LogP contribution < -0.4 is 4.90 Å². The van der Waals surface area contributed by atoms with Gasteiger partial charge in [-0.15, -0.1) is 5.10 Å². The van der Waals surface area contributed by atoms with Gasteiger partial charge in [0.2, 0.25) is 10.1 Å². The van der Waals surface area contributed by atoms with Crippen LogP contribution in [-0.2, 0) is 0 Å². The SMILES string of the molecule is CN(c1nn2c(-c3ccncc3)cnc2s1)C1CC1. The van der Waals surface area contributed by atoms with Crippen molar-refractivity contribution in [3.05, 3.63) is 30.7 Å². The molecular weight excluding hydrogens is 258 g/mol. The van der Waals surface area contributed by atoms with Gasteiger partial charge >= 0.3 is 0 Å². The van der Waals surface area contributed by atoms with Crippen LogP contribution in [0, 0.1) is 0 Å². The minimum absolute atomic E-state index is 0.667. The molecule has 5 nitrogen and oxygen atoms in total. The van der Waals surface area contributed by atoms with E-state index in [1.165, 1.54) is 12.8 Å². The second-order valence-electron chi connectivity index (χ2n) is 4.80. The lowest BCUT2D eigenvalue weighted by Crippen LogP contribution is -2.19. The maximum atomic E-state index is 4.69. The van der Waals surface area contributed by atoms with Crippen molar-refractivity contribution in [2.75, 3.05) is 11.9 Å². The molecule has 6 heteroatoms. The standard InChI is InChI=1S/C13H13N5S/c1-17(10-2-3-10)13-16-18-11(8-15-12(18)19-13)9-4-6-14-7-5-9/h4-8,10H,2-3H2,1H3. The van der Waals surface area contributed by atoms with Crippen molar-refractivity contribution in [3.63, 3.8) is 0 Å². The first-order valence-corrected chi connectivity index (χ1v) is 7.12. The van der Waals surface area contributed by atoms with Crippen molar-refractivity contribution in [2.24, 2.45) is 0 Å². The Morgan fingerprint density at radius 3 is 2.84 bits per heavy atom. The van der Waals surface area contributed by atoms with E-state index >= 15 is 0 Å². The molecule has 0 spiro atoms. The second kappa shape index (κ2) is 4.03. The second-order valence-corrected chi connectivity index (χ2v) is 5.73. The van der Waals surface area contributed by atoms with E-state index in [2.05, 4.69) is 27.0 Å². The zero-order chi connectivity index (χ0) is 12.8. The highest BCUT2D eigenvalue weighted by Crippen LogP contribution is 2.33. The van der Waals surface area contributed by atoms with Gasteiger partial charge in [-0.2, -0.15) is 0 Å². The summed E-state index contributed by atoms with van der Waals surface area (Å²) in [5.41, 5.74) is 2.11. The van der Waals surface area contributed by atoms with E-state index in [1.54, 1.807) is 23.7 Å². The lowest BCUT2D eigenvalue weighted by atomic mass is 10.2. The number of pyridine rings is 1. The summed E-state index contributed by atoms with van der Waals surface area (Å²) in [5.74, 6) is 0. The number of fused-ring (bicyclic) bond motifs is 1. The Balaban J connectivity index is 1.80. The molecule has 0 radical (unpaired) electrons. The summed E-state index contributed by atoms with van der Waals surface area (Å²) < 4.78 is 1.92. The smallest absolute Gasteiger partial charge is 0.214 e. The summed E-state index contributed by atoms with van der Waals surface area (Å²) in [6.45, 7) is 0. The van der Waals surface area contributed by atoms with Crippen molar-refractivity contribution in [3.8, 4) is 11.3 Å². The molecule has 1 aliphatic carbocycles. The third-order valence-corrected chi connectivity index (χ3v) is 4.46. The fraction of sp³-hybridized carbons (Fsp3) is 0.308. The van der Waals surface area contributed by atoms with Gasteiger partial charge in [-0.1, -0.05) is 11.3 Å². The minimum atomic E-state index is 0.667. The molecule has 0 unspecified atom stereocenters. The summed E-state index contributed by atoms with van der Waals surface area (Å²) in [4.78, 5) is 11.7. The molecule has 4 rings (SSSR count). The van der Waals surface area contributed by atoms with E-state index in [4.69, 9.17) is 0 Å². The summed E-state index contributed by atoms with van der Waals surface area (Å²) >= 11 is 1.64. The van der Waals surface area contributed by atoms with Crippen LogP contribution in [0.2, 0.25) is 0 Å². The van der Waals surface area contributed by atoms with E-state index in [-0.39, 0.29) is 0 Å². The van der Waals surface area contributed by atoms with Gasteiger partial charge in [-0.05, 0) is 25.0 Å². The van der Waals surface area contributed by atoms with Crippen molar-refractivity contribution >= 4 is 21.4 Å². The van der Waals surface area contributed by atoms with Crippen LogP contribution in [0.25, 0.3) is 16.2 Å². The molecule has 19 heavy (non-hydrogen) atoms. The molecule has 0 amide bonds. The molecule has 1 saturated carbocycles. The Morgan fingerprint density at radius 1 is 1.32 bits per heavy atom. The Morgan fingerprint density at radius 2 is 2.11 bits per heavy atom. The normalized spacial score (nSPS) is 15.0. The number of hydrogen-bond donors (Lipinski definition) is 0. The maximum Gasteiger partial charge on any atom is 0.214 e. The molecule has 0 N–H and O–H groups in total. The molecule has 1 fully saturated rings. The van der Waals surface area contributed by atoms with E-state index in [9.17, 15) is 0 Å². The van der Waals surface area contributed by atoms with Gasteiger partial charge in [-0.25, -0.2) is 9.50 Å². The zero-order valence-electron chi connectivity index (χ0n) is 10.5. The first-order valence-electron chi connectivity index (χ1n) is 6.31. The highest BCUT2D eigenvalue weighted by atomic mass is 32.1. The van der Waals surface area contributed by atoms with E-state index < -0.39 is 0 Å². The fourth-order valence-electron chi connectivity index (χ4n) is 2.16. The van der Waals surface area contributed by atoms with E-state index in [1.807, 2.05) is 22.8 Å². The van der Waals surface area contributed by atoms with Gasteiger partial charge in [0, 0.05) is 31.0 Å². The number of hydrogen-bond acceptors (Lipinski definition) is 5. The zero-order valence-corrected chi connectivity index (χ0v) is 11.3.